The smallest absolute Gasteiger partial charge is 0.0181 e. The molecule has 0 fully saturated rings. The van der Waals surface area contributed by atoms with E-state index in [2.05, 4.69) is 94.8 Å². The van der Waals surface area contributed by atoms with Gasteiger partial charge in [0.1, 0.15) is 0 Å². The molecule has 0 saturated heterocycles. The Morgan fingerprint density at radius 3 is 2.36 bits per heavy atom. The largest absolute Gasteiger partial charge is 0.0757 e. The first-order valence-corrected chi connectivity index (χ1v) is 9.51. The lowest BCUT2D eigenvalue weighted by atomic mass is 9.91. The summed E-state index contributed by atoms with van der Waals surface area (Å²) >= 11 is 3.62. The van der Waals surface area contributed by atoms with Crippen LogP contribution >= 0.6 is 15.9 Å². The topological polar surface area (TPSA) is 0 Å². The molecule has 120 valence electrons. The fourth-order valence-corrected chi connectivity index (χ4v) is 4.40. The Bertz CT molecular complexity index is 1250. The van der Waals surface area contributed by atoms with Gasteiger partial charge >= 0.3 is 0 Å². The molecule has 0 unspecified atom stereocenters. The Balaban J connectivity index is 1.99. The molecule has 4 aromatic carbocycles. The number of hydrogen-bond donors (Lipinski definition) is 0. The molecule has 1 aliphatic rings. The molecule has 0 amide bonds. The summed E-state index contributed by atoms with van der Waals surface area (Å²) in [7, 11) is 0. The van der Waals surface area contributed by atoms with Crippen LogP contribution in [0.15, 0.2) is 71.2 Å². The third kappa shape index (κ3) is 2.42. The van der Waals surface area contributed by atoms with Crippen molar-refractivity contribution in [2.45, 2.75) is 12.8 Å². The molecule has 0 spiro atoms. The quantitative estimate of drug-likeness (QED) is 0.365. The van der Waals surface area contributed by atoms with Crippen LogP contribution in [0.1, 0.15) is 12.8 Å². The molecule has 0 radical (unpaired) electrons. The fourth-order valence-electron chi connectivity index (χ4n) is 4.00. The van der Waals surface area contributed by atoms with Crippen LogP contribution < -0.4 is 10.4 Å². The Kier molecular flexibility index (Phi) is 3.50. The lowest BCUT2D eigenvalue weighted by molar-refractivity contribution is 1.12. The number of halogens is 1. The lowest BCUT2D eigenvalue weighted by Gasteiger charge is -2.13. The zero-order chi connectivity index (χ0) is 16.8. The average molecular weight is 385 g/mol. The molecule has 0 nitrogen and oxygen atoms in total. The Morgan fingerprint density at radius 2 is 1.48 bits per heavy atom. The fraction of sp³-hybridized carbons (Fsp3) is 0.0833. The Hall–Kier alpha value is -2.38. The second kappa shape index (κ2) is 5.86. The molecule has 5 rings (SSSR count). The number of rotatable bonds is 1. The third-order valence-electron chi connectivity index (χ3n) is 5.11. The molecule has 0 bridgehead atoms. The molecule has 0 saturated carbocycles. The van der Waals surface area contributed by atoms with Gasteiger partial charge in [0.05, 0.1) is 0 Å². The highest BCUT2D eigenvalue weighted by atomic mass is 79.9. The van der Waals surface area contributed by atoms with Crippen LogP contribution in [0.25, 0.3) is 44.8 Å². The first-order valence-electron chi connectivity index (χ1n) is 8.72. The van der Waals surface area contributed by atoms with Crippen molar-refractivity contribution in [2.24, 2.45) is 0 Å². The summed E-state index contributed by atoms with van der Waals surface area (Å²) in [4.78, 5) is 0. The van der Waals surface area contributed by atoms with Crippen molar-refractivity contribution >= 4 is 49.6 Å². The highest BCUT2D eigenvalue weighted by Crippen LogP contribution is 2.27. The van der Waals surface area contributed by atoms with E-state index in [1.54, 1.807) is 0 Å². The van der Waals surface area contributed by atoms with E-state index in [1.165, 1.54) is 43.1 Å². The molecule has 0 aliphatic heterocycles. The Morgan fingerprint density at radius 1 is 0.680 bits per heavy atom. The lowest BCUT2D eigenvalue weighted by Crippen LogP contribution is -2.29. The van der Waals surface area contributed by atoms with Gasteiger partial charge in [-0.15, -0.1) is 0 Å². The molecule has 25 heavy (non-hydrogen) atoms. The second-order valence-corrected chi connectivity index (χ2v) is 7.55. The molecule has 0 heterocycles. The van der Waals surface area contributed by atoms with Crippen molar-refractivity contribution in [1.82, 2.24) is 0 Å². The predicted octanol–water partition coefficient (Wildman–Crippen LogP) is 5.78. The summed E-state index contributed by atoms with van der Waals surface area (Å²) in [6, 6.07) is 24.2. The van der Waals surface area contributed by atoms with Gasteiger partial charge in [0.15, 0.2) is 0 Å². The third-order valence-corrected chi connectivity index (χ3v) is 5.60. The first-order chi connectivity index (χ1) is 12.3. The summed E-state index contributed by atoms with van der Waals surface area (Å²) in [5, 5.41) is 8.15. The van der Waals surface area contributed by atoms with E-state index in [-0.39, 0.29) is 0 Å². The number of fused-ring (bicyclic) bond motifs is 5. The van der Waals surface area contributed by atoms with E-state index >= 15 is 0 Å². The van der Waals surface area contributed by atoms with Crippen molar-refractivity contribution < 1.29 is 0 Å². The molecule has 0 N–H and O–H groups in total. The van der Waals surface area contributed by atoms with Gasteiger partial charge in [-0.1, -0.05) is 76.6 Å². The van der Waals surface area contributed by atoms with E-state index in [4.69, 9.17) is 0 Å². The average Bonchev–Trinajstić information content (AvgIpc) is 2.67. The molecular formula is C24H17Br. The van der Waals surface area contributed by atoms with E-state index < -0.39 is 0 Å². The summed E-state index contributed by atoms with van der Waals surface area (Å²) in [5.74, 6) is 0. The van der Waals surface area contributed by atoms with Crippen LogP contribution in [0.4, 0.5) is 0 Å². The van der Waals surface area contributed by atoms with Crippen molar-refractivity contribution in [2.75, 3.05) is 0 Å². The van der Waals surface area contributed by atoms with Gasteiger partial charge in [-0.3, -0.25) is 0 Å². The Labute approximate surface area is 155 Å². The highest BCUT2D eigenvalue weighted by molar-refractivity contribution is 9.10. The zero-order valence-electron chi connectivity index (χ0n) is 13.8. The first kappa shape index (κ1) is 14.9. The summed E-state index contributed by atoms with van der Waals surface area (Å²) < 4.78 is 1.12. The summed E-state index contributed by atoms with van der Waals surface area (Å²) in [6.45, 7) is 0. The van der Waals surface area contributed by atoms with Crippen molar-refractivity contribution in [3.63, 3.8) is 0 Å². The van der Waals surface area contributed by atoms with Crippen LogP contribution in [0.5, 0.6) is 0 Å². The SMILES string of the molecule is Brc1cccc(-c2cc3ccc4ccccc4c3c3c2=CCCC=3)c1. The zero-order valence-corrected chi connectivity index (χ0v) is 15.4. The van der Waals surface area contributed by atoms with Gasteiger partial charge < -0.3 is 0 Å². The molecule has 0 atom stereocenters. The van der Waals surface area contributed by atoms with Crippen LogP contribution in [0.2, 0.25) is 0 Å². The number of hydrogen-bond acceptors (Lipinski definition) is 0. The normalized spacial score (nSPS) is 13.3. The van der Waals surface area contributed by atoms with E-state index in [0.717, 1.165) is 17.3 Å². The molecule has 0 aromatic heterocycles. The van der Waals surface area contributed by atoms with E-state index in [1.807, 2.05) is 0 Å². The minimum absolute atomic E-state index is 1.12. The van der Waals surface area contributed by atoms with Crippen LogP contribution in [-0.4, -0.2) is 0 Å². The maximum Gasteiger partial charge on any atom is 0.0181 e. The maximum absolute atomic E-state index is 3.62. The minimum Gasteiger partial charge on any atom is -0.0757 e. The summed E-state index contributed by atoms with van der Waals surface area (Å²) in [6.07, 6.45) is 7.07. The molecule has 4 aromatic rings. The minimum atomic E-state index is 1.12. The molecule has 1 aliphatic carbocycles. The number of benzene rings is 4. The van der Waals surface area contributed by atoms with Gasteiger partial charge in [0, 0.05) is 4.47 Å². The molecule has 1 heteroatoms. The van der Waals surface area contributed by atoms with E-state index in [0.29, 0.717) is 0 Å². The molecular weight excluding hydrogens is 368 g/mol. The highest BCUT2D eigenvalue weighted by Gasteiger charge is 2.10. The van der Waals surface area contributed by atoms with Crippen molar-refractivity contribution in [3.8, 4) is 11.1 Å². The van der Waals surface area contributed by atoms with Crippen LogP contribution in [0, 0.1) is 0 Å². The van der Waals surface area contributed by atoms with Crippen LogP contribution in [-0.2, 0) is 0 Å². The van der Waals surface area contributed by atoms with Crippen molar-refractivity contribution in [1.29, 1.82) is 0 Å². The van der Waals surface area contributed by atoms with Crippen LogP contribution in [0.3, 0.4) is 0 Å². The monoisotopic (exact) mass is 384 g/mol. The maximum atomic E-state index is 3.62. The standard InChI is InChI=1S/C24H17Br/c25-19-8-5-7-17(14-19)23-15-18-13-12-16-6-1-2-9-20(16)24(18)22-11-4-3-10-21(22)23/h1-2,5-15H,3-4H2. The predicted molar refractivity (Wildman–Crippen MR) is 112 cm³/mol. The van der Waals surface area contributed by atoms with Gasteiger partial charge in [0.25, 0.3) is 0 Å². The second-order valence-electron chi connectivity index (χ2n) is 6.63. The summed E-state index contributed by atoms with van der Waals surface area (Å²) in [5.41, 5.74) is 2.60. The van der Waals surface area contributed by atoms with Gasteiger partial charge in [-0.05, 0) is 74.1 Å². The van der Waals surface area contributed by atoms with Gasteiger partial charge in [-0.2, -0.15) is 0 Å². The van der Waals surface area contributed by atoms with E-state index in [9.17, 15) is 0 Å². The van der Waals surface area contributed by atoms with Gasteiger partial charge in [0.2, 0.25) is 0 Å². The van der Waals surface area contributed by atoms with Crippen molar-refractivity contribution in [3.05, 3.63) is 81.6 Å². The van der Waals surface area contributed by atoms with Gasteiger partial charge in [-0.25, -0.2) is 0 Å².